The summed E-state index contributed by atoms with van der Waals surface area (Å²) >= 11 is 0. The fraction of sp³-hybridized carbons (Fsp3) is 0.400. The van der Waals surface area contributed by atoms with Crippen LogP contribution >= 0.6 is 0 Å². The standard InChI is InChI=1S/C15H18N2/c16-11-15(6-1-2-7-15)14-4-3-12-5-8-17-10-13(12)9-14/h3-5,8-10H,1-2,6-7,11,16H2. The fourth-order valence-electron chi connectivity index (χ4n) is 3.08. The highest BCUT2D eigenvalue weighted by atomic mass is 14.6. The topological polar surface area (TPSA) is 38.9 Å². The summed E-state index contributed by atoms with van der Waals surface area (Å²) in [5, 5.41) is 2.48. The number of fused-ring (bicyclic) bond motifs is 1. The minimum absolute atomic E-state index is 0.226. The van der Waals surface area contributed by atoms with E-state index in [0.29, 0.717) is 0 Å². The molecule has 0 spiro atoms. The zero-order valence-corrected chi connectivity index (χ0v) is 10.0. The predicted molar refractivity (Wildman–Crippen MR) is 70.9 cm³/mol. The second-order valence-electron chi connectivity index (χ2n) is 5.13. The van der Waals surface area contributed by atoms with Gasteiger partial charge in [0.15, 0.2) is 0 Å². The Hall–Kier alpha value is -1.41. The van der Waals surface area contributed by atoms with Crippen LogP contribution in [0.25, 0.3) is 10.8 Å². The van der Waals surface area contributed by atoms with Gasteiger partial charge in [-0.3, -0.25) is 4.98 Å². The van der Waals surface area contributed by atoms with Crippen LogP contribution in [0, 0.1) is 0 Å². The zero-order chi connectivity index (χ0) is 11.7. The normalized spacial score (nSPS) is 18.6. The van der Waals surface area contributed by atoms with Crippen LogP contribution in [0.3, 0.4) is 0 Å². The van der Waals surface area contributed by atoms with Crippen molar-refractivity contribution in [3.8, 4) is 0 Å². The first-order valence-corrected chi connectivity index (χ1v) is 6.38. The fourth-order valence-corrected chi connectivity index (χ4v) is 3.08. The molecule has 0 unspecified atom stereocenters. The monoisotopic (exact) mass is 226 g/mol. The summed E-state index contributed by atoms with van der Waals surface area (Å²) in [5.74, 6) is 0. The highest BCUT2D eigenvalue weighted by Gasteiger charge is 2.34. The van der Waals surface area contributed by atoms with E-state index in [1.54, 1.807) is 0 Å². The number of hydrogen-bond donors (Lipinski definition) is 1. The van der Waals surface area contributed by atoms with Crippen molar-refractivity contribution in [3.63, 3.8) is 0 Å². The Morgan fingerprint density at radius 1 is 1.12 bits per heavy atom. The maximum atomic E-state index is 6.03. The average Bonchev–Trinajstić information content (AvgIpc) is 2.88. The van der Waals surface area contributed by atoms with Crippen molar-refractivity contribution in [1.82, 2.24) is 4.98 Å². The van der Waals surface area contributed by atoms with Crippen molar-refractivity contribution in [1.29, 1.82) is 0 Å². The van der Waals surface area contributed by atoms with Crippen molar-refractivity contribution in [2.75, 3.05) is 6.54 Å². The molecule has 1 saturated carbocycles. The molecule has 1 aliphatic carbocycles. The molecule has 0 aliphatic heterocycles. The molecule has 88 valence electrons. The van der Waals surface area contributed by atoms with Gasteiger partial charge >= 0.3 is 0 Å². The minimum atomic E-state index is 0.226. The van der Waals surface area contributed by atoms with Crippen LogP contribution < -0.4 is 5.73 Å². The van der Waals surface area contributed by atoms with Gasteiger partial charge in [-0.2, -0.15) is 0 Å². The number of aromatic nitrogens is 1. The quantitative estimate of drug-likeness (QED) is 0.855. The summed E-state index contributed by atoms with van der Waals surface area (Å²) in [6.07, 6.45) is 8.86. The van der Waals surface area contributed by atoms with Gasteiger partial charge < -0.3 is 5.73 Å². The Morgan fingerprint density at radius 3 is 2.71 bits per heavy atom. The summed E-state index contributed by atoms with van der Waals surface area (Å²) < 4.78 is 0. The number of nitrogens with two attached hydrogens (primary N) is 1. The SMILES string of the molecule is NCC1(c2ccc3ccncc3c2)CCCC1. The maximum Gasteiger partial charge on any atom is 0.0346 e. The van der Waals surface area contributed by atoms with Crippen molar-refractivity contribution in [3.05, 3.63) is 42.2 Å². The molecule has 0 bridgehead atoms. The molecule has 2 aromatic rings. The Kier molecular flexibility index (Phi) is 2.60. The molecule has 0 amide bonds. The van der Waals surface area contributed by atoms with Gasteiger partial charge in [0, 0.05) is 29.7 Å². The third kappa shape index (κ3) is 1.73. The van der Waals surface area contributed by atoms with Gasteiger partial charge in [0.1, 0.15) is 0 Å². The number of benzene rings is 1. The molecule has 3 rings (SSSR count). The van der Waals surface area contributed by atoms with Gasteiger partial charge in [-0.15, -0.1) is 0 Å². The van der Waals surface area contributed by atoms with E-state index >= 15 is 0 Å². The Balaban J connectivity index is 2.10. The van der Waals surface area contributed by atoms with Crippen LogP contribution in [-0.2, 0) is 5.41 Å². The summed E-state index contributed by atoms with van der Waals surface area (Å²) in [7, 11) is 0. The van der Waals surface area contributed by atoms with Crippen LogP contribution in [0.4, 0.5) is 0 Å². The van der Waals surface area contributed by atoms with Gasteiger partial charge in [-0.05, 0) is 35.9 Å². The molecule has 1 aliphatic rings. The molecule has 0 atom stereocenters. The second kappa shape index (κ2) is 4.11. The average molecular weight is 226 g/mol. The van der Waals surface area contributed by atoms with Gasteiger partial charge in [0.25, 0.3) is 0 Å². The lowest BCUT2D eigenvalue weighted by molar-refractivity contribution is 0.453. The molecule has 2 heteroatoms. The van der Waals surface area contributed by atoms with Gasteiger partial charge in [0.05, 0.1) is 0 Å². The number of pyridine rings is 1. The van der Waals surface area contributed by atoms with Gasteiger partial charge in [0.2, 0.25) is 0 Å². The van der Waals surface area contributed by atoms with Crippen molar-refractivity contribution >= 4 is 10.8 Å². The summed E-state index contributed by atoms with van der Waals surface area (Å²) in [5.41, 5.74) is 7.66. The zero-order valence-electron chi connectivity index (χ0n) is 10.0. The third-order valence-corrected chi connectivity index (χ3v) is 4.20. The van der Waals surface area contributed by atoms with E-state index in [4.69, 9.17) is 5.73 Å². The summed E-state index contributed by atoms with van der Waals surface area (Å²) in [6, 6.07) is 8.78. The highest BCUT2D eigenvalue weighted by Crippen LogP contribution is 2.40. The lowest BCUT2D eigenvalue weighted by atomic mass is 9.78. The summed E-state index contributed by atoms with van der Waals surface area (Å²) in [4.78, 5) is 4.20. The molecule has 1 heterocycles. The van der Waals surface area contributed by atoms with Crippen molar-refractivity contribution in [2.45, 2.75) is 31.1 Å². The molecule has 2 N–H and O–H groups in total. The summed E-state index contributed by atoms with van der Waals surface area (Å²) in [6.45, 7) is 0.763. The van der Waals surface area contributed by atoms with E-state index in [2.05, 4.69) is 29.2 Å². The molecular formula is C15H18N2. The Morgan fingerprint density at radius 2 is 1.94 bits per heavy atom. The highest BCUT2D eigenvalue weighted by molar-refractivity contribution is 5.82. The Labute approximate surface area is 102 Å². The minimum Gasteiger partial charge on any atom is -0.330 e. The van der Waals surface area contributed by atoms with Crippen molar-refractivity contribution < 1.29 is 0 Å². The molecule has 1 aromatic carbocycles. The molecule has 17 heavy (non-hydrogen) atoms. The van der Waals surface area contributed by atoms with E-state index in [-0.39, 0.29) is 5.41 Å². The number of nitrogens with zero attached hydrogens (tertiary/aromatic N) is 1. The Bertz CT molecular complexity index is 527. The van der Waals surface area contributed by atoms with Crippen LogP contribution in [0.2, 0.25) is 0 Å². The first kappa shape index (κ1) is 10.7. The third-order valence-electron chi connectivity index (χ3n) is 4.20. The van der Waals surface area contributed by atoms with Gasteiger partial charge in [-0.1, -0.05) is 25.0 Å². The van der Waals surface area contributed by atoms with E-state index < -0.39 is 0 Å². The lowest BCUT2D eigenvalue weighted by Crippen LogP contribution is -2.31. The molecule has 1 aromatic heterocycles. The van der Waals surface area contributed by atoms with E-state index in [1.807, 2.05) is 12.4 Å². The second-order valence-corrected chi connectivity index (χ2v) is 5.13. The van der Waals surface area contributed by atoms with Gasteiger partial charge in [-0.25, -0.2) is 0 Å². The smallest absolute Gasteiger partial charge is 0.0346 e. The van der Waals surface area contributed by atoms with E-state index in [9.17, 15) is 0 Å². The lowest BCUT2D eigenvalue weighted by Gasteiger charge is -2.28. The van der Waals surface area contributed by atoms with E-state index in [1.165, 1.54) is 42.0 Å². The molecule has 1 fully saturated rings. The van der Waals surface area contributed by atoms with Crippen LogP contribution in [0.15, 0.2) is 36.7 Å². The van der Waals surface area contributed by atoms with Crippen molar-refractivity contribution in [2.24, 2.45) is 5.73 Å². The van der Waals surface area contributed by atoms with Crippen LogP contribution in [0.1, 0.15) is 31.2 Å². The number of rotatable bonds is 2. The van der Waals surface area contributed by atoms with Crippen LogP contribution in [0.5, 0.6) is 0 Å². The maximum absolute atomic E-state index is 6.03. The van der Waals surface area contributed by atoms with E-state index in [0.717, 1.165) is 6.54 Å². The van der Waals surface area contributed by atoms with Crippen LogP contribution in [-0.4, -0.2) is 11.5 Å². The molecule has 2 nitrogen and oxygen atoms in total. The first-order valence-electron chi connectivity index (χ1n) is 6.38. The molecular weight excluding hydrogens is 208 g/mol. The molecule has 0 radical (unpaired) electrons. The largest absolute Gasteiger partial charge is 0.330 e. The first-order chi connectivity index (χ1) is 8.34. The number of hydrogen-bond acceptors (Lipinski definition) is 2. The molecule has 0 saturated heterocycles. The predicted octanol–water partition coefficient (Wildman–Crippen LogP) is 3.01.